The highest BCUT2D eigenvalue weighted by Crippen LogP contribution is 2.23. The molecule has 0 aliphatic heterocycles. The molecule has 0 spiro atoms. The molecule has 0 saturated carbocycles. The molecule has 0 fully saturated rings. The van der Waals surface area contributed by atoms with E-state index in [1.165, 1.54) is 19.2 Å². The molecular weight excluding hydrogens is 379 g/mol. The van der Waals surface area contributed by atoms with Gasteiger partial charge in [0.25, 0.3) is 11.8 Å². The third-order valence-corrected chi connectivity index (χ3v) is 4.18. The Labute approximate surface area is 161 Å². The number of benzene rings is 2. The molecule has 26 heavy (non-hydrogen) atoms. The van der Waals surface area contributed by atoms with E-state index in [9.17, 15) is 9.59 Å². The maximum absolute atomic E-state index is 12.2. The zero-order valence-electron chi connectivity index (χ0n) is 14.4. The van der Waals surface area contributed by atoms with Crippen LogP contribution in [0.2, 0.25) is 10.0 Å². The van der Waals surface area contributed by atoms with E-state index in [1.807, 2.05) is 6.92 Å². The van der Waals surface area contributed by atoms with E-state index < -0.39 is 17.9 Å². The zero-order chi connectivity index (χ0) is 19.3. The molecule has 6 nitrogen and oxygen atoms in total. The van der Waals surface area contributed by atoms with Crippen LogP contribution in [0.25, 0.3) is 0 Å². The van der Waals surface area contributed by atoms with Gasteiger partial charge in [-0.3, -0.25) is 20.4 Å². The van der Waals surface area contributed by atoms with Crippen LogP contribution in [0.5, 0.6) is 11.5 Å². The van der Waals surface area contributed by atoms with Gasteiger partial charge < -0.3 is 9.47 Å². The number of rotatable bonds is 5. The summed E-state index contributed by atoms with van der Waals surface area (Å²) < 4.78 is 10.7. The molecule has 1 atom stereocenters. The lowest BCUT2D eigenvalue weighted by Crippen LogP contribution is -2.47. The third kappa shape index (κ3) is 5.03. The van der Waals surface area contributed by atoms with Gasteiger partial charge in [-0.25, -0.2) is 0 Å². The average Bonchev–Trinajstić information content (AvgIpc) is 2.62. The van der Waals surface area contributed by atoms with Crippen LogP contribution < -0.4 is 20.3 Å². The summed E-state index contributed by atoms with van der Waals surface area (Å²) in [6.07, 6.45) is -0.831. The number of hydrogen-bond donors (Lipinski definition) is 2. The molecule has 0 bridgehead atoms. The summed E-state index contributed by atoms with van der Waals surface area (Å²) in [6.45, 7) is 3.40. The van der Waals surface area contributed by atoms with Gasteiger partial charge in [0.15, 0.2) is 6.10 Å². The van der Waals surface area contributed by atoms with Gasteiger partial charge in [0, 0.05) is 10.0 Å². The number of nitrogens with one attached hydrogen (secondary N) is 2. The molecule has 0 saturated heterocycles. The van der Waals surface area contributed by atoms with Crippen LogP contribution >= 0.6 is 23.2 Å². The monoisotopic (exact) mass is 396 g/mol. The Kier molecular flexibility index (Phi) is 6.71. The fraction of sp³-hybridized carbons (Fsp3) is 0.222. The van der Waals surface area contributed by atoms with Crippen LogP contribution in [-0.2, 0) is 4.79 Å². The van der Waals surface area contributed by atoms with Crippen molar-refractivity contribution < 1.29 is 19.1 Å². The molecule has 1 unspecified atom stereocenters. The first-order valence-electron chi connectivity index (χ1n) is 7.68. The Morgan fingerprint density at radius 3 is 2.46 bits per heavy atom. The molecule has 2 aromatic rings. The van der Waals surface area contributed by atoms with Gasteiger partial charge in [0.05, 0.1) is 12.7 Å². The summed E-state index contributed by atoms with van der Waals surface area (Å²) in [5.74, 6) is -0.259. The molecule has 0 radical (unpaired) electrons. The number of carbonyl (C=O) groups excluding carboxylic acids is 2. The minimum absolute atomic E-state index is 0.235. The first-order valence-corrected chi connectivity index (χ1v) is 8.44. The lowest BCUT2D eigenvalue weighted by atomic mass is 10.2. The highest BCUT2D eigenvalue weighted by atomic mass is 35.5. The normalized spacial score (nSPS) is 11.4. The van der Waals surface area contributed by atoms with Crippen LogP contribution in [0.1, 0.15) is 22.8 Å². The second kappa shape index (κ2) is 8.78. The van der Waals surface area contributed by atoms with Gasteiger partial charge in [0.2, 0.25) is 0 Å². The van der Waals surface area contributed by atoms with E-state index in [0.717, 1.165) is 5.56 Å². The van der Waals surface area contributed by atoms with Crippen molar-refractivity contribution in [2.24, 2.45) is 0 Å². The molecule has 0 aromatic heterocycles. The number of carbonyl (C=O) groups is 2. The Balaban J connectivity index is 1.95. The number of hydrogen-bond acceptors (Lipinski definition) is 4. The molecule has 0 aliphatic rings. The van der Waals surface area contributed by atoms with E-state index in [4.69, 9.17) is 32.7 Å². The Bertz CT molecular complexity index is 827. The van der Waals surface area contributed by atoms with E-state index in [1.54, 1.807) is 31.2 Å². The number of halogens is 2. The summed E-state index contributed by atoms with van der Waals surface area (Å²) in [4.78, 5) is 24.3. The van der Waals surface area contributed by atoms with Crippen molar-refractivity contribution >= 4 is 35.0 Å². The first-order chi connectivity index (χ1) is 12.3. The van der Waals surface area contributed by atoms with Crippen molar-refractivity contribution in [2.45, 2.75) is 20.0 Å². The number of methoxy groups -OCH3 is 1. The predicted octanol–water partition coefficient (Wildman–Crippen LogP) is 3.54. The van der Waals surface area contributed by atoms with Crippen LogP contribution in [0, 0.1) is 6.92 Å². The maximum Gasteiger partial charge on any atom is 0.279 e. The van der Waals surface area contributed by atoms with Crippen LogP contribution in [0.3, 0.4) is 0 Å². The van der Waals surface area contributed by atoms with Gasteiger partial charge in [-0.05, 0) is 55.8 Å². The zero-order valence-corrected chi connectivity index (χ0v) is 15.9. The van der Waals surface area contributed by atoms with Crippen molar-refractivity contribution in [1.82, 2.24) is 10.9 Å². The minimum atomic E-state index is -0.831. The van der Waals surface area contributed by atoms with Crippen LogP contribution in [0.4, 0.5) is 0 Å². The lowest BCUT2D eigenvalue weighted by Gasteiger charge is -2.16. The molecule has 2 N–H and O–H groups in total. The smallest absolute Gasteiger partial charge is 0.279 e. The molecule has 138 valence electrons. The number of hydrazine groups is 1. The van der Waals surface area contributed by atoms with E-state index in [-0.39, 0.29) is 5.56 Å². The van der Waals surface area contributed by atoms with E-state index >= 15 is 0 Å². The van der Waals surface area contributed by atoms with Crippen molar-refractivity contribution in [1.29, 1.82) is 0 Å². The summed E-state index contributed by atoms with van der Waals surface area (Å²) in [5.41, 5.74) is 5.70. The second-order valence-corrected chi connectivity index (χ2v) is 6.30. The number of aryl methyl sites for hydroxylation is 1. The lowest BCUT2D eigenvalue weighted by molar-refractivity contribution is -0.128. The minimum Gasteiger partial charge on any atom is -0.496 e. The SMILES string of the molecule is COc1cc(Cl)ccc1C(=O)NNC(=O)C(C)Oc1ccc(Cl)c(C)c1. The van der Waals surface area contributed by atoms with Gasteiger partial charge in [-0.15, -0.1) is 0 Å². The third-order valence-electron chi connectivity index (χ3n) is 3.52. The Hall–Kier alpha value is -2.44. The fourth-order valence-corrected chi connectivity index (χ4v) is 2.37. The van der Waals surface area contributed by atoms with Crippen molar-refractivity contribution in [3.63, 3.8) is 0 Å². The van der Waals surface area contributed by atoms with Crippen molar-refractivity contribution in [3.05, 3.63) is 57.6 Å². The molecule has 2 aromatic carbocycles. The molecule has 0 heterocycles. The molecule has 8 heteroatoms. The highest BCUT2D eigenvalue weighted by Gasteiger charge is 2.18. The maximum atomic E-state index is 12.2. The molecule has 0 aliphatic carbocycles. The Morgan fingerprint density at radius 2 is 1.81 bits per heavy atom. The summed E-state index contributed by atoms with van der Waals surface area (Å²) in [5, 5.41) is 1.04. The van der Waals surface area contributed by atoms with E-state index in [0.29, 0.717) is 21.5 Å². The largest absolute Gasteiger partial charge is 0.496 e. The molecule has 2 amide bonds. The Morgan fingerprint density at radius 1 is 1.08 bits per heavy atom. The number of ether oxygens (including phenoxy) is 2. The first kappa shape index (κ1) is 19.9. The summed E-state index contributed by atoms with van der Waals surface area (Å²) in [7, 11) is 1.42. The van der Waals surface area contributed by atoms with Crippen molar-refractivity contribution in [3.8, 4) is 11.5 Å². The van der Waals surface area contributed by atoms with Gasteiger partial charge in [-0.1, -0.05) is 23.2 Å². The van der Waals surface area contributed by atoms with Crippen LogP contribution in [-0.4, -0.2) is 25.0 Å². The molecular formula is C18H18Cl2N2O4. The second-order valence-electron chi connectivity index (χ2n) is 5.46. The summed E-state index contributed by atoms with van der Waals surface area (Å²) in [6, 6.07) is 9.63. The van der Waals surface area contributed by atoms with Crippen molar-refractivity contribution in [2.75, 3.05) is 7.11 Å². The van der Waals surface area contributed by atoms with Gasteiger partial charge in [0.1, 0.15) is 11.5 Å². The van der Waals surface area contributed by atoms with Crippen LogP contribution in [0.15, 0.2) is 36.4 Å². The fourth-order valence-electron chi connectivity index (χ4n) is 2.09. The number of amides is 2. The predicted molar refractivity (Wildman–Crippen MR) is 99.9 cm³/mol. The highest BCUT2D eigenvalue weighted by molar-refractivity contribution is 6.31. The molecule has 2 rings (SSSR count). The quantitative estimate of drug-likeness (QED) is 0.757. The standard InChI is InChI=1S/C18H18Cl2N2O4/c1-10-8-13(5-7-15(10)20)26-11(2)17(23)21-22-18(24)14-6-4-12(19)9-16(14)25-3/h4-9,11H,1-3H3,(H,21,23)(H,22,24). The topological polar surface area (TPSA) is 76.7 Å². The van der Waals surface area contributed by atoms with Gasteiger partial charge >= 0.3 is 0 Å². The summed E-state index contributed by atoms with van der Waals surface area (Å²) >= 11 is 11.8. The van der Waals surface area contributed by atoms with E-state index in [2.05, 4.69) is 10.9 Å². The average molecular weight is 397 g/mol. The van der Waals surface area contributed by atoms with Gasteiger partial charge in [-0.2, -0.15) is 0 Å².